The van der Waals surface area contributed by atoms with Gasteiger partial charge in [0.05, 0.1) is 0 Å². The van der Waals surface area contributed by atoms with Gasteiger partial charge in [0.2, 0.25) is 0 Å². The molecule has 0 bridgehead atoms. The molecule has 0 spiro atoms. The molecule has 2 aliphatic rings. The molecule has 0 aromatic carbocycles. The Morgan fingerprint density at radius 3 is 2.92 bits per heavy atom. The summed E-state index contributed by atoms with van der Waals surface area (Å²) >= 11 is 0. The first-order valence-corrected chi connectivity index (χ1v) is 4.69. The average molecular weight is 292 g/mol. The molecule has 0 aromatic heterocycles. The number of carbonyl (C=O) groups excluding carboxylic acids is 1. The van der Waals surface area contributed by atoms with Gasteiger partial charge in [-0.2, -0.15) is 12.8 Å². The summed E-state index contributed by atoms with van der Waals surface area (Å²) in [5.74, 6) is 2.12. The maximum Gasteiger partial charge on any atom is 0.133 e. The molecule has 0 saturated heterocycles. The van der Waals surface area contributed by atoms with E-state index in [0.29, 0.717) is 5.78 Å². The van der Waals surface area contributed by atoms with Crippen molar-refractivity contribution in [3.8, 4) is 0 Å². The number of rotatable bonds is 0. The quantitative estimate of drug-likeness (QED) is 0.626. The minimum atomic E-state index is 0. The van der Waals surface area contributed by atoms with Crippen LogP contribution in [0.5, 0.6) is 0 Å². The summed E-state index contributed by atoms with van der Waals surface area (Å²) in [6.07, 6.45) is 9.10. The van der Waals surface area contributed by atoms with Crippen LogP contribution in [-0.4, -0.2) is 5.78 Å². The van der Waals surface area contributed by atoms with Gasteiger partial charge in [0.25, 0.3) is 0 Å². The molecule has 2 saturated carbocycles. The zero-order chi connectivity index (χ0) is 7.68. The number of Topliss-reactive ketones (excluding diaryl/α,β-unsaturated/α-hetero) is 1. The molecule has 0 aliphatic heterocycles. The fourth-order valence-corrected chi connectivity index (χ4v) is 2.46. The van der Waals surface area contributed by atoms with Crippen LogP contribution in [-0.2, 0) is 4.79 Å². The monoisotopic (exact) mass is 292 g/mol. The van der Waals surface area contributed by atoms with E-state index in [1.54, 1.807) is 0 Å². The third-order valence-electron chi connectivity index (χ3n) is 3.16. The van der Waals surface area contributed by atoms with Crippen LogP contribution in [0.4, 0.5) is 0 Å². The first-order chi connectivity index (χ1) is 5.36. The van der Waals surface area contributed by atoms with E-state index in [1.165, 1.54) is 25.7 Å². The smallest absolute Gasteiger partial charge is 0.133 e. The second kappa shape index (κ2) is 5.05. The standard InChI is InChI=1S/C10H15O.Pr/c11-10-6-5-8-3-1-2-4-9(8)7-10;/h1,8-9H,2-7H2;/q-1;. The summed E-state index contributed by atoms with van der Waals surface area (Å²) in [7, 11) is 0. The zero-order valence-corrected chi connectivity index (χ0v) is 11.2. The van der Waals surface area contributed by atoms with Crippen LogP contribution in [0.3, 0.4) is 0 Å². The molecule has 0 amide bonds. The summed E-state index contributed by atoms with van der Waals surface area (Å²) in [6.45, 7) is 0. The average Bonchev–Trinajstić information content (AvgIpc) is 2.04. The van der Waals surface area contributed by atoms with Gasteiger partial charge in [-0.3, -0.25) is 4.79 Å². The van der Waals surface area contributed by atoms with Gasteiger partial charge in [-0.05, 0) is 12.3 Å². The van der Waals surface area contributed by atoms with E-state index in [4.69, 9.17) is 0 Å². The van der Waals surface area contributed by atoms with Crippen molar-refractivity contribution in [3.05, 3.63) is 6.42 Å². The van der Waals surface area contributed by atoms with E-state index in [1.807, 2.05) is 0 Å². The predicted molar refractivity (Wildman–Crippen MR) is 44.0 cm³/mol. The van der Waals surface area contributed by atoms with E-state index in [0.717, 1.165) is 24.7 Å². The molecule has 2 aliphatic carbocycles. The Balaban J connectivity index is 0.000000720. The molecule has 2 rings (SSSR count). The van der Waals surface area contributed by atoms with Crippen molar-refractivity contribution in [2.24, 2.45) is 11.8 Å². The van der Waals surface area contributed by atoms with Crippen molar-refractivity contribution in [3.63, 3.8) is 0 Å². The minimum absolute atomic E-state index is 0. The molecule has 2 heteroatoms. The van der Waals surface area contributed by atoms with Gasteiger partial charge in [-0.25, -0.2) is 0 Å². The van der Waals surface area contributed by atoms with Crippen LogP contribution < -0.4 is 0 Å². The van der Waals surface area contributed by atoms with Crippen molar-refractivity contribution < 1.29 is 46.1 Å². The third-order valence-corrected chi connectivity index (χ3v) is 3.16. The van der Waals surface area contributed by atoms with Crippen LogP contribution >= 0.6 is 0 Å². The van der Waals surface area contributed by atoms with Gasteiger partial charge in [0, 0.05) is 54.1 Å². The minimum Gasteiger partial charge on any atom is -0.328 e. The van der Waals surface area contributed by atoms with Gasteiger partial charge in [-0.1, -0.05) is 12.3 Å². The largest absolute Gasteiger partial charge is 0.328 e. The normalized spacial score (nSPS) is 35.2. The van der Waals surface area contributed by atoms with E-state index >= 15 is 0 Å². The van der Waals surface area contributed by atoms with Crippen molar-refractivity contribution >= 4 is 5.78 Å². The molecule has 1 radical (unpaired) electrons. The molecule has 65 valence electrons. The van der Waals surface area contributed by atoms with Gasteiger partial charge in [0.15, 0.2) is 0 Å². The molecule has 12 heavy (non-hydrogen) atoms. The van der Waals surface area contributed by atoms with E-state index in [9.17, 15) is 4.79 Å². The number of ketones is 1. The first-order valence-electron chi connectivity index (χ1n) is 4.69. The first kappa shape index (κ1) is 11.1. The Hall–Kier alpha value is 1.03. The molecule has 2 atom stereocenters. The molecule has 2 unspecified atom stereocenters. The summed E-state index contributed by atoms with van der Waals surface area (Å²) in [5.41, 5.74) is 0. The van der Waals surface area contributed by atoms with Crippen LogP contribution in [0.25, 0.3) is 0 Å². The van der Waals surface area contributed by atoms with Gasteiger partial charge in [0.1, 0.15) is 5.78 Å². The summed E-state index contributed by atoms with van der Waals surface area (Å²) in [4.78, 5) is 11.1. The number of fused-ring (bicyclic) bond motifs is 1. The Morgan fingerprint density at radius 1 is 1.25 bits per heavy atom. The summed E-state index contributed by atoms with van der Waals surface area (Å²) in [6, 6.07) is 0. The summed E-state index contributed by atoms with van der Waals surface area (Å²) < 4.78 is 0. The summed E-state index contributed by atoms with van der Waals surface area (Å²) in [5, 5.41) is 0. The van der Waals surface area contributed by atoms with Crippen molar-refractivity contribution in [1.29, 1.82) is 0 Å². The van der Waals surface area contributed by atoms with Gasteiger partial charge >= 0.3 is 0 Å². The fourth-order valence-electron chi connectivity index (χ4n) is 2.46. The Labute approximate surface area is 108 Å². The number of hydrogen-bond acceptors (Lipinski definition) is 1. The Kier molecular flexibility index (Phi) is 4.67. The van der Waals surface area contributed by atoms with E-state index in [-0.39, 0.29) is 41.3 Å². The molecule has 1 nitrogen and oxygen atoms in total. The Morgan fingerprint density at radius 2 is 2.08 bits per heavy atom. The Bertz CT molecular complexity index is 167. The van der Waals surface area contributed by atoms with Gasteiger partial charge < -0.3 is 6.42 Å². The van der Waals surface area contributed by atoms with Crippen molar-refractivity contribution in [2.45, 2.75) is 38.5 Å². The van der Waals surface area contributed by atoms with Crippen LogP contribution in [0.2, 0.25) is 0 Å². The van der Waals surface area contributed by atoms with Crippen LogP contribution in [0.15, 0.2) is 0 Å². The van der Waals surface area contributed by atoms with Gasteiger partial charge in [-0.15, -0.1) is 0 Å². The molecule has 0 N–H and O–H groups in total. The number of carbonyl (C=O) groups is 1. The number of hydrogen-bond donors (Lipinski definition) is 0. The molecular formula is C10H15OPr-. The maximum atomic E-state index is 11.1. The predicted octanol–water partition coefficient (Wildman–Crippen LogP) is 2.36. The maximum absolute atomic E-state index is 11.1. The molecule has 2 fully saturated rings. The molecule has 0 aromatic rings. The fraction of sp³-hybridized carbons (Fsp3) is 0.800. The van der Waals surface area contributed by atoms with Crippen LogP contribution in [0.1, 0.15) is 38.5 Å². The topological polar surface area (TPSA) is 17.1 Å². The van der Waals surface area contributed by atoms with E-state index in [2.05, 4.69) is 6.42 Å². The SMILES string of the molecule is O=C1CCC2C[CH-]CCC2C1.[Pr]. The second-order valence-corrected chi connectivity index (χ2v) is 3.90. The second-order valence-electron chi connectivity index (χ2n) is 3.90. The van der Waals surface area contributed by atoms with E-state index < -0.39 is 0 Å². The zero-order valence-electron chi connectivity index (χ0n) is 7.46. The van der Waals surface area contributed by atoms with Crippen molar-refractivity contribution in [2.75, 3.05) is 0 Å². The molecular weight excluding hydrogens is 277 g/mol. The molecule has 0 heterocycles. The van der Waals surface area contributed by atoms with Crippen LogP contribution in [0, 0.1) is 59.5 Å². The van der Waals surface area contributed by atoms with Crippen molar-refractivity contribution in [1.82, 2.24) is 0 Å². The third kappa shape index (κ3) is 2.51.